The van der Waals surface area contributed by atoms with Crippen LogP contribution in [0.4, 0.5) is 5.00 Å². The van der Waals surface area contributed by atoms with Crippen molar-refractivity contribution in [3.05, 3.63) is 40.2 Å². The van der Waals surface area contributed by atoms with E-state index in [-0.39, 0.29) is 12.0 Å². The maximum Gasteiger partial charge on any atom is 0.295 e. The van der Waals surface area contributed by atoms with Crippen molar-refractivity contribution in [2.45, 2.75) is 39.3 Å². The maximum atomic E-state index is 12.9. The van der Waals surface area contributed by atoms with E-state index in [1.54, 1.807) is 29.7 Å². The molecular weight excluding hydrogens is 324 g/mol. The van der Waals surface area contributed by atoms with Crippen LogP contribution in [0.15, 0.2) is 22.8 Å². The molecule has 0 radical (unpaired) electrons. The van der Waals surface area contributed by atoms with Gasteiger partial charge < -0.3 is 9.15 Å². The number of anilines is 1. The summed E-state index contributed by atoms with van der Waals surface area (Å²) in [7, 11) is 0. The van der Waals surface area contributed by atoms with Gasteiger partial charge in [-0.25, -0.2) is 0 Å². The van der Waals surface area contributed by atoms with Crippen molar-refractivity contribution < 1.29 is 13.9 Å². The first-order chi connectivity index (χ1) is 11.6. The molecule has 24 heavy (non-hydrogen) atoms. The van der Waals surface area contributed by atoms with Gasteiger partial charge in [0.1, 0.15) is 5.00 Å². The number of rotatable bonds is 3. The number of furan rings is 1. The Kier molecular flexibility index (Phi) is 4.20. The van der Waals surface area contributed by atoms with E-state index in [0.717, 1.165) is 37.5 Å². The Labute approximate surface area is 145 Å². The average Bonchev–Trinajstić information content (AvgIpc) is 3.31. The molecule has 4 heterocycles. The SMILES string of the molecule is Cc1sc2c(c1C)CN(C[C@@H]1CCCO1)CN2C(=O)c1ccco1. The quantitative estimate of drug-likeness (QED) is 0.852. The number of carbonyl (C=O) groups is 1. The molecular formula is C18H22N2O3S. The second-order valence-corrected chi connectivity index (χ2v) is 7.77. The van der Waals surface area contributed by atoms with Crippen LogP contribution in [-0.4, -0.2) is 36.7 Å². The lowest BCUT2D eigenvalue weighted by Crippen LogP contribution is -2.47. The van der Waals surface area contributed by atoms with Crippen LogP contribution in [0.25, 0.3) is 0 Å². The minimum atomic E-state index is -0.0699. The number of carbonyl (C=O) groups excluding carboxylic acids is 1. The Morgan fingerprint density at radius 1 is 1.42 bits per heavy atom. The number of amides is 1. The molecule has 0 N–H and O–H groups in total. The number of thiophene rings is 1. The van der Waals surface area contributed by atoms with E-state index in [2.05, 4.69) is 18.7 Å². The fraction of sp³-hybridized carbons (Fsp3) is 0.500. The van der Waals surface area contributed by atoms with Crippen LogP contribution in [0, 0.1) is 13.8 Å². The van der Waals surface area contributed by atoms with Crippen molar-refractivity contribution in [3.8, 4) is 0 Å². The van der Waals surface area contributed by atoms with E-state index >= 15 is 0 Å². The summed E-state index contributed by atoms with van der Waals surface area (Å²) in [5, 5.41) is 1.06. The van der Waals surface area contributed by atoms with E-state index in [9.17, 15) is 4.79 Å². The highest BCUT2D eigenvalue weighted by Gasteiger charge is 2.33. The molecule has 0 bridgehead atoms. The van der Waals surface area contributed by atoms with Gasteiger partial charge in [0.15, 0.2) is 5.76 Å². The second kappa shape index (κ2) is 6.35. The van der Waals surface area contributed by atoms with Crippen molar-refractivity contribution in [3.63, 3.8) is 0 Å². The Morgan fingerprint density at radius 3 is 3.00 bits per heavy atom. The van der Waals surface area contributed by atoms with Gasteiger partial charge >= 0.3 is 0 Å². The molecule has 2 aliphatic rings. The van der Waals surface area contributed by atoms with Gasteiger partial charge in [-0.2, -0.15) is 0 Å². The van der Waals surface area contributed by atoms with Gasteiger partial charge in [0.05, 0.1) is 19.0 Å². The lowest BCUT2D eigenvalue weighted by Gasteiger charge is -2.36. The molecule has 0 spiro atoms. The predicted molar refractivity (Wildman–Crippen MR) is 93.6 cm³/mol. The van der Waals surface area contributed by atoms with Gasteiger partial charge in [-0.3, -0.25) is 14.6 Å². The Morgan fingerprint density at radius 2 is 2.29 bits per heavy atom. The van der Waals surface area contributed by atoms with Gasteiger partial charge in [0.25, 0.3) is 5.91 Å². The van der Waals surface area contributed by atoms with Gasteiger partial charge in [-0.15, -0.1) is 11.3 Å². The van der Waals surface area contributed by atoms with Crippen LogP contribution in [0.3, 0.4) is 0 Å². The van der Waals surface area contributed by atoms with Crippen LogP contribution in [0.1, 0.15) is 39.4 Å². The first kappa shape index (κ1) is 15.9. The van der Waals surface area contributed by atoms with Crippen LogP contribution in [0.2, 0.25) is 0 Å². The molecule has 0 saturated carbocycles. The minimum Gasteiger partial charge on any atom is -0.459 e. The molecule has 0 unspecified atom stereocenters. The third-order valence-corrected chi connectivity index (χ3v) is 6.19. The number of hydrogen-bond donors (Lipinski definition) is 0. The molecule has 0 aromatic carbocycles. The standard InChI is InChI=1S/C18H22N2O3S/c1-12-13(2)24-18-15(12)10-19(9-14-5-3-7-22-14)11-20(18)17(21)16-6-4-8-23-16/h4,6,8,14H,3,5,7,9-11H2,1-2H3/t14-/m0/s1. The number of aryl methyl sites for hydroxylation is 1. The molecule has 2 aromatic rings. The van der Waals surface area contributed by atoms with Crippen molar-refractivity contribution in [2.75, 3.05) is 24.7 Å². The van der Waals surface area contributed by atoms with Crippen molar-refractivity contribution in [1.82, 2.24) is 4.90 Å². The molecule has 1 amide bonds. The van der Waals surface area contributed by atoms with E-state index in [4.69, 9.17) is 9.15 Å². The Bertz CT molecular complexity index is 732. The molecule has 0 aliphatic carbocycles. The maximum absolute atomic E-state index is 12.9. The van der Waals surface area contributed by atoms with Crippen LogP contribution >= 0.6 is 11.3 Å². The highest BCUT2D eigenvalue weighted by Crippen LogP contribution is 2.40. The van der Waals surface area contributed by atoms with Gasteiger partial charge in [-0.1, -0.05) is 0 Å². The molecule has 6 heteroatoms. The second-order valence-electron chi connectivity index (χ2n) is 6.57. The monoisotopic (exact) mass is 346 g/mol. The first-order valence-corrected chi connectivity index (χ1v) is 9.23. The Balaban J connectivity index is 1.64. The molecule has 2 aromatic heterocycles. The first-order valence-electron chi connectivity index (χ1n) is 8.41. The molecule has 5 nitrogen and oxygen atoms in total. The topological polar surface area (TPSA) is 45.9 Å². The zero-order valence-corrected chi connectivity index (χ0v) is 14.9. The largest absolute Gasteiger partial charge is 0.459 e. The Hall–Kier alpha value is -1.63. The van der Waals surface area contributed by atoms with Crippen molar-refractivity contribution >= 4 is 22.2 Å². The molecule has 2 aliphatic heterocycles. The fourth-order valence-electron chi connectivity index (χ4n) is 3.49. The third kappa shape index (κ3) is 2.79. The van der Waals surface area contributed by atoms with E-state index in [0.29, 0.717) is 12.4 Å². The zero-order valence-electron chi connectivity index (χ0n) is 14.1. The van der Waals surface area contributed by atoms with Crippen LogP contribution < -0.4 is 4.90 Å². The number of nitrogens with zero attached hydrogens (tertiary/aromatic N) is 2. The van der Waals surface area contributed by atoms with E-state index in [1.807, 2.05) is 4.90 Å². The van der Waals surface area contributed by atoms with Crippen molar-refractivity contribution in [2.24, 2.45) is 0 Å². The number of hydrogen-bond acceptors (Lipinski definition) is 5. The van der Waals surface area contributed by atoms with Gasteiger partial charge in [-0.05, 0) is 44.4 Å². The third-order valence-electron chi connectivity index (χ3n) is 4.92. The van der Waals surface area contributed by atoms with E-state index in [1.165, 1.54) is 16.0 Å². The summed E-state index contributed by atoms with van der Waals surface area (Å²) in [4.78, 5) is 18.4. The lowest BCUT2D eigenvalue weighted by molar-refractivity contribution is 0.0659. The number of ether oxygens (including phenoxy) is 1. The summed E-state index contributed by atoms with van der Waals surface area (Å²) in [6.07, 6.45) is 4.08. The molecule has 1 fully saturated rings. The van der Waals surface area contributed by atoms with E-state index < -0.39 is 0 Å². The van der Waals surface area contributed by atoms with Gasteiger partial charge in [0.2, 0.25) is 0 Å². The summed E-state index contributed by atoms with van der Waals surface area (Å²) in [6, 6.07) is 3.49. The summed E-state index contributed by atoms with van der Waals surface area (Å²) in [5.41, 5.74) is 2.56. The molecule has 1 saturated heterocycles. The summed E-state index contributed by atoms with van der Waals surface area (Å²) in [5.74, 6) is 0.322. The highest BCUT2D eigenvalue weighted by molar-refractivity contribution is 7.16. The molecule has 128 valence electrons. The number of fused-ring (bicyclic) bond motifs is 1. The van der Waals surface area contributed by atoms with Crippen LogP contribution in [0.5, 0.6) is 0 Å². The van der Waals surface area contributed by atoms with Crippen LogP contribution in [-0.2, 0) is 11.3 Å². The smallest absolute Gasteiger partial charge is 0.295 e. The lowest BCUT2D eigenvalue weighted by atomic mass is 10.1. The van der Waals surface area contributed by atoms with Gasteiger partial charge in [0, 0.05) is 30.1 Å². The zero-order chi connectivity index (χ0) is 16.7. The summed E-state index contributed by atoms with van der Waals surface area (Å²) >= 11 is 1.70. The molecule has 4 rings (SSSR count). The predicted octanol–water partition coefficient (Wildman–Crippen LogP) is 3.56. The fourth-order valence-corrected chi connectivity index (χ4v) is 4.64. The average molecular weight is 346 g/mol. The normalized spacial score (nSPS) is 21.2. The molecule has 1 atom stereocenters. The summed E-state index contributed by atoms with van der Waals surface area (Å²) < 4.78 is 11.1. The summed E-state index contributed by atoms with van der Waals surface area (Å²) in [6.45, 7) is 7.47. The van der Waals surface area contributed by atoms with Crippen molar-refractivity contribution in [1.29, 1.82) is 0 Å². The highest BCUT2D eigenvalue weighted by atomic mass is 32.1. The minimum absolute atomic E-state index is 0.0699.